The molecule has 2 rings (SSSR count). The van der Waals surface area contributed by atoms with Crippen LogP contribution in [0.1, 0.15) is 10.4 Å². The summed E-state index contributed by atoms with van der Waals surface area (Å²) >= 11 is 0.917. The van der Waals surface area contributed by atoms with Gasteiger partial charge in [-0.05, 0) is 30.3 Å². The lowest BCUT2D eigenvalue weighted by atomic mass is 10.2. The van der Waals surface area contributed by atoms with Crippen LogP contribution in [0.3, 0.4) is 0 Å². The number of nitriles is 2. The molecule has 0 aliphatic heterocycles. The summed E-state index contributed by atoms with van der Waals surface area (Å²) in [6.07, 6.45) is 0. The first-order valence-electron chi connectivity index (χ1n) is 5.48. The van der Waals surface area contributed by atoms with E-state index in [0.717, 1.165) is 15.6 Å². The summed E-state index contributed by atoms with van der Waals surface area (Å²) in [6.45, 7) is 0. The van der Waals surface area contributed by atoms with E-state index in [1.165, 1.54) is 25.2 Å². The van der Waals surface area contributed by atoms with Crippen molar-refractivity contribution in [2.75, 3.05) is 11.4 Å². The SMILES string of the molecule is CN(c1cccc(C#N)c1)S(=O)(=O)c1ccc(C#N)s1. The Morgan fingerprint density at radius 3 is 2.50 bits per heavy atom. The van der Waals surface area contributed by atoms with Crippen LogP contribution in [0, 0.1) is 22.7 Å². The fourth-order valence-corrected chi connectivity index (χ4v) is 4.03. The van der Waals surface area contributed by atoms with Crippen LogP contribution in [-0.2, 0) is 10.0 Å². The number of sulfonamides is 1. The van der Waals surface area contributed by atoms with E-state index in [1.807, 2.05) is 12.1 Å². The molecular formula is C13H9N3O2S2. The first-order chi connectivity index (χ1) is 9.48. The summed E-state index contributed by atoms with van der Waals surface area (Å²) in [5.74, 6) is 0. The smallest absolute Gasteiger partial charge is 0.269 e. The molecule has 1 heterocycles. The molecule has 2 aromatic rings. The lowest BCUT2D eigenvalue weighted by Gasteiger charge is -2.18. The second-order valence-electron chi connectivity index (χ2n) is 3.87. The van der Waals surface area contributed by atoms with Gasteiger partial charge in [0.2, 0.25) is 0 Å². The lowest BCUT2D eigenvalue weighted by Crippen LogP contribution is -2.25. The summed E-state index contributed by atoms with van der Waals surface area (Å²) in [5.41, 5.74) is 0.782. The minimum atomic E-state index is -3.71. The first kappa shape index (κ1) is 14.1. The summed E-state index contributed by atoms with van der Waals surface area (Å²) in [5, 5.41) is 17.6. The lowest BCUT2D eigenvalue weighted by molar-refractivity contribution is 0.596. The van der Waals surface area contributed by atoms with Crippen LogP contribution in [0.5, 0.6) is 0 Å². The van der Waals surface area contributed by atoms with Crippen molar-refractivity contribution in [3.05, 3.63) is 46.8 Å². The van der Waals surface area contributed by atoms with Gasteiger partial charge in [-0.15, -0.1) is 11.3 Å². The predicted molar refractivity (Wildman–Crippen MR) is 75.8 cm³/mol. The zero-order valence-corrected chi connectivity index (χ0v) is 12.1. The van der Waals surface area contributed by atoms with Gasteiger partial charge in [-0.25, -0.2) is 8.42 Å². The van der Waals surface area contributed by atoms with Crippen LogP contribution in [0.4, 0.5) is 5.69 Å². The highest BCUT2D eigenvalue weighted by molar-refractivity contribution is 7.94. The van der Waals surface area contributed by atoms with E-state index in [9.17, 15) is 8.42 Å². The van der Waals surface area contributed by atoms with Gasteiger partial charge in [0, 0.05) is 7.05 Å². The van der Waals surface area contributed by atoms with Crippen molar-refractivity contribution in [2.24, 2.45) is 0 Å². The molecule has 0 atom stereocenters. The van der Waals surface area contributed by atoms with Crippen molar-refractivity contribution in [2.45, 2.75) is 4.21 Å². The molecule has 0 radical (unpaired) electrons. The Bertz CT molecular complexity index is 826. The molecule has 0 N–H and O–H groups in total. The summed E-state index contributed by atoms with van der Waals surface area (Å²) < 4.78 is 26.0. The Morgan fingerprint density at radius 1 is 1.15 bits per heavy atom. The van der Waals surface area contributed by atoms with Crippen molar-refractivity contribution >= 4 is 27.0 Å². The molecule has 20 heavy (non-hydrogen) atoms. The molecule has 0 unspecified atom stereocenters. The van der Waals surface area contributed by atoms with Gasteiger partial charge in [0.15, 0.2) is 0 Å². The third-order valence-electron chi connectivity index (χ3n) is 2.65. The normalized spacial score (nSPS) is 10.6. The number of anilines is 1. The third kappa shape index (κ3) is 2.50. The standard InChI is InChI=1S/C13H9N3O2S2/c1-16(11-4-2-3-10(7-11)8-14)20(17,18)13-6-5-12(9-15)19-13/h2-7H,1H3. The molecule has 0 fully saturated rings. The molecule has 5 nitrogen and oxygen atoms in total. The maximum absolute atomic E-state index is 12.4. The molecule has 0 spiro atoms. The summed E-state index contributed by atoms with van der Waals surface area (Å²) in [4.78, 5) is 0.336. The number of hydrogen-bond donors (Lipinski definition) is 0. The van der Waals surface area contributed by atoms with Crippen LogP contribution in [0.15, 0.2) is 40.6 Å². The van der Waals surface area contributed by atoms with Crippen LogP contribution in [0.2, 0.25) is 0 Å². The Labute approximate surface area is 121 Å². The van der Waals surface area contributed by atoms with Crippen molar-refractivity contribution in [1.29, 1.82) is 10.5 Å². The third-order valence-corrected chi connectivity index (χ3v) is 5.89. The van der Waals surface area contributed by atoms with Crippen LogP contribution >= 0.6 is 11.3 Å². The number of hydrogen-bond acceptors (Lipinski definition) is 5. The van der Waals surface area contributed by atoms with E-state index in [1.54, 1.807) is 18.2 Å². The van der Waals surface area contributed by atoms with Gasteiger partial charge >= 0.3 is 0 Å². The van der Waals surface area contributed by atoms with E-state index < -0.39 is 10.0 Å². The monoisotopic (exact) mass is 303 g/mol. The fourth-order valence-electron chi connectivity index (χ4n) is 1.56. The Kier molecular flexibility index (Phi) is 3.75. The Hall–Kier alpha value is -2.35. The van der Waals surface area contributed by atoms with E-state index >= 15 is 0 Å². The van der Waals surface area contributed by atoms with Crippen molar-refractivity contribution in [3.8, 4) is 12.1 Å². The molecule has 1 aromatic carbocycles. The molecule has 100 valence electrons. The molecule has 1 aromatic heterocycles. The van der Waals surface area contributed by atoms with Crippen LogP contribution < -0.4 is 4.31 Å². The molecule has 0 saturated heterocycles. The van der Waals surface area contributed by atoms with Gasteiger partial charge in [0.05, 0.1) is 17.3 Å². The van der Waals surface area contributed by atoms with Crippen molar-refractivity contribution in [3.63, 3.8) is 0 Å². The highest BCUT2D eigenvalue weighted by atomic mass is 32.2. The van der Waals surface area contributed by atoms with Crippen molar-refractivity contribution in [1.82, 2.24) is 0 Å². The van der Waals surface area contributed by atoms with E-state index in [4.69, 9.17) is 10.5 Å². The van der Waals surface area contributed by atoms with E-state index in [-0.39, 0.29) is 4.21 Å². The van der Waals surface area contributed by atoms with Crippen LogP contribution in [-0.4, -0.2) is 15.5 Å². The quantitative estimate of drug-likeness (QED) is 0.871. The van der Waals surface area contributed by atoms with Crippen LogP contribution in [0.25, 0.3) is 0 Å². The topological polar surface area (TPSA) is 85.0 Å². The van der Waals surface area contributed by atoms with Gasteiger partial charge in [0.25, 0.3) is 10.0 Å². The van der Waals surface area contributed by atoms with Gasteiger partial charge in [-0.3, -0.25) is 4.31 Å². The second kappa shape index (κ2) is 5.33. The first-order valence-corrected chi connectivity index (χ1v) is 7.73. The molecule has 0 aliphatic rings. The fraction of sp³-hybridized carbons (Fsp3) is 0.0769. The van der Waals surface area contributed by atoms with Gasteiger partial charge in [-0.1, -0.05) is 6.07 Å². The molecule has 0 bridgehead atoms. The zero-order valence-electron chi connectivity index (χ0n) is 10.4. The number of benzene rings is 1. The number of rotatable bonds is 3. The Morgan fingerprint density at radius 2 is 1.90 bits per heavy atom. The minimum absolute atomic E-state index is 0.0962. The summed E-state index contributed by atoms with van der Waals surface area (Å²) in [7, 11) is -2.30. The van der Waals surface area contributed by atoms with E-state index in [2.05, 4.69) is 0 Å². The largest absolute Gasteiger partial charge is 0.273 e. The van der Waals surface area contributed by atoms with Gasteiger partial charge in [-0.2, -0.15) is 10.5 Å². The molecule has 0 aliphatic carbocycles. The minimum Gasteiger partial charge on any atom is -0.269 e. The predicted octanol–water partition coefficient (Wildman–Crippen LogP) is 2.32. The highest BCUT2D eigenvalue weighted by Crippen LogP contribution is 2.27. The maximum Gasteiger partial charge on any atom is 0.273 e. The maximum atomic E-state index is 12.4. The number of thiophene rings is 1. The van der Waals surface area contributed by atoms with Gasteiger partial charge < -0.3 is 0 Å². The molecule has 0 saturated carbocycles. The highest BCUT2D eigenvalue weighted by Gasteiger charge is 2.23. The van der Waals surface area contributed by atoms with E-state index in [0.29, 0.717) is 16.1 Å². The van der Waals surface area contributed by atoms with Crippen molar-refractivity contribution < 1.29 is 8.42 Å². The average Bonchev–Trinajstić information content (AvgIpc) is 2.96. The number of nitrogens with zero attached hydrogens (tertiary/aromatic N) is 3. The summed E-state index contributed by atoms with van der Waals surface area (Å²) in [6, 6.07) is 13.1. The van der Waals surface area contributed by atoms with Gasteiger partial charge in [0.1, 0.15) is 15.2 Å². The Balaban J connectivity index is 2.43. The molecule has 7 heteroatoms. The molecule has 0 amide bonds. The molecular weight excluding hydrogens is 294 g/mol. The average molecular weight is 303 g/mol. The zero-order chi connectivity index (χ0) is 14.8. The second-order valence-corrected chi connectivity index (χ2v) is 7.15.